The monoisotopic (exact) mass is 360 g/mol. The van der Waals surface area contributed by atoms with Crippen molar-refractivity contribution < 1.29 is 14.3 Å². The fraction of sp³-hybridized carbons (Fsp3) is 0.412. The molecule has 0 bridgehead atoms. The van der Waals surface area contributed by atoms with E-state index in [4.69, 9.17) is 10.5 Å². The number of aromatic nitrogens is 3. The van der Waals surface area contributed by atoms with Crippen molar-refractivity contribution in [1.29, 1.82) is 0 Å². The van der Waals surface area contributed by atoms with Crippen LogP contribution in [0.4, 0.5) is 5.69 Å². The highest BCUT2D eigenvalue weighted by Gasteiger charge is 2.17. The first-order valence-electron chi connectivity index (χ1n) is 8.34. The van der Waals surface area contributed by atoms with Crippen LogP contribution in [0.5, 0.6) is 5.75 Å². The molecular weight excluding hydrogens is 336 g/mol. The van der Waals surface area contributed by atoms with Gasteiger partial charge in [0.2, 0.25) is 11.8 Å². The molecule has 0 fully saturated rings. The molecule has 0 saturated heterocycles. The van der Waals surface area contributed by atoms with Crippen LogP contribution < -0.4 is 21.1 Å². The predicted octanol–water partition coefficient (Wildman–Crippen LogP) is 0.395. The molecule has 0 aliphatic heterocycles. The molecule has 1 aromatic carbocycles. The minimum Gasteiger partial charge on any atom is -0.492 e. The summed E-state index contributed by atoms with van der Waals surface area (Å²) in [6.07, 6.45) is 3.07. The van der Waals surface area contributed by atoms with Gasteiger partial charge in [0.05, 0.1) is 19.1 Å². The van der Waals surface area contributed by atoms with Crippen molar-refractivity contribution in [1.82, 2.24) is 20.1 Å². The van der Waals surface area contributed by atoms with Crippen molar-refractivity contribution in [2.75, 3.05) is 18.5 Å². The van der Waals surface area contributed by atoms with Gasteiger partial charge in [-0.25, -0.2) is 9.67 Å². The van der Waals surface area contributed by atoms with Gasteiger partial charge in [-0.2, -0.15) is 5.10 Å². The minimum absolute atomic E-state index is 0.00409. The standard InChI is InChI=1S/C17H24N6O3/c1-12(2)16(18)17(25)20-9-15(24)22-13-4-3-5-14(8-13)26-7-6-23-11-19-10-21-23/h3-5,8,10-12,16H,6-7,9,18H2,1-2H3,(H,20,25)(H,22,24)/t16-/m0/s1. The summed E-state index contributed by atoms with van der Waals surface area (Å²) in [5.41, 5.74) is 6.31. The molecule has 0 aliphatic rings. The fourth-order valence-corrected chi connectivity index (χ4v) is 2.06. The maximum Gasteiger partial charge on any atom is 0.243 e. The molecule has 0 spiro atoms. The smallest absolute Gasteiger partial charge is 0.243 e. The summed E-state index contributed by atoms with van der Waals surface area (Å²) in [5, 5.41) is 9.22. The third-order valence-electron chi connectivity index (χ3n) is 3.62. The van der Waals surface area contributed by atoms with Crippen molar-refractivity contribution in [3.63, 3.8) is 0 Å². The van der Waals surface area contributed by atoms with Crippen LogP contribution in [-0.4, -0.2) is 45.8 Å². The molecule has 0 saturated carbocycles. The molecule has 2 amide bonds. The number of ether oxygens (including phenoxy) is 1. The lowest BCUT2D eigenvalue weighted by molar-refractivity contribution is -0.125. The molecule has 9 nitrogen and oxygen atoms in total. The number of amides is 2. The molecule has 0 aliphatic carbocycles. The number of hydrogen-bond acceptors (Lipinski definition) is 6. The van der Waals surface area contributed by atoms with E-state index in [0.29, 0.717) is 24.6 Å². The molecule has 1 atom stereocenters. The Kier molecular flexibility index (Phi) is 7.10. The summed E-state index contributed by atoms with van der Waals surface area (Å²) in [7, 11) is 0. The summed E-state index contributed by atoms with van der Waals surface area (Å²) in [4.78, 5) is 27.6. The number of rotatable bonds is 9. The second kappa shape index (κ2) is 9.52. The van der Waals surface area contributed by atoms with Gasteiger partial charge in [-0.15, -0.1) is 0 Å². The van der Waals surface area contributed by atoms with Crippen LogP contribution in [0.15, 0.2) is 36.9 Å². The zero-order valence-electron chi connectivity index (χ0n) is 14.9. The van der Waals surface area contributed by atoms with Crippen molar-refractivity contribution in [3.05, 3.63) is 36.9 Å². The van der Waals surface area contributed by atoms with Crippen molar-refractivity contribution in [3.8, 4) is 5.75 Å². The number of nitrogens with zero attached hydrogens (tertiary/aromatic N) is 3. The third-order valence-corrected chi connectivity index (χ3v) is 3.62. The Labute approximate surface area is 151 Å². The summed E-state index contributed by atoms with van der Waals surface area (Å²) >= 11 is 0. The highest BCUT2D eigenvalue weighted by atomic mass is 16.5. The highest BCUT2D eigenvalue weighted by molar-refractivity contribution is 5.95. The zero-order valence-corrected chi connectivity index (χ0v) is 14.9. The first-order chi connectivity index (χ1) is 12.5. The van der Waals surface area contributed by atoms with Crippen LogP contribution in [-0.2, 0) is 16.1 Å². The van der Waals surface area contributed by atoms with E-state index < -0.39 is 6.04 Å². The van der Waals surface area contributed by atoms with E-state index in [0.717, 1.165) is 0 Å². The molecule has 1 heterocycles. The molecule has 4 N–H and O–H groups in total. The summed E-state index contributed by atoms with van der Waals surface area (Å²) in [6.45, 7) is 4.54. The van der Waals surface area contributed by atoms with Crippen molar-refractivity contribution in [2.45, 2.75) is 26.4 Å². The van der Waals surface area contributed by atoms with E-state index in [-0.39, 0.29) is 24.3 Å². The van der Waals surface area contributed by atoms with Crippen LogP contribution in [0.1, 0.15) is 13.8 Å². The Bertz CT molecular complexity index is 717. The van der Waals surface area contributed by atoms with Crippen LogP contribution >= 0.6 is 0 Å². The lowest BCUT2D eigenvalue weighted by Crippen LogP contribution is -2.46. The second-order valence-electron chi connectivity index (χ2n) is 6.07. The molecule has 2 rings (SSSR count). The molecule has 9 heteroatoms. The van der Waals surface area contributed by atoms with E-state index in [2.05, 4.69) is 20.7 Å². The lowest BCUT2D eigenvalue weighted by Gasteiger charge is -2.15. The van der Waals surface area contributed by atoms with Crippen LogP contribution in [0, 0.1) is 5.92 Å². The topological polar surface area (TPSA) is 124 Å². The van der Waals surface area contributed by atoms with Crippen molar-refractivity contribution >= 4 is 17.5 Å². The van der Waals surface area contributed by atoms with Gasteiger partial charge in [0.15, 0.2) is 0 Å². The lowest BCUT2D eigenvalue weighted by atomic mass is 10.1. The SMILES string of the molecule is CC(C)[C@H](N)C(=O)NCC(=O)Nc1cccc(OCCn2cncn2)c1. The van der Waals surface area contributed by atoms with Crippen LogP contribution in [0.25, 0.3) is 0 Å². The Morgan fingerprint density at radius 3 is 2.85 bits per heavy atom. The summed E-state index contributed by atoms with van der Waals surface area (Å²) in [5.74, 6) is -0.0624. The highest BCUT2D eigenvalue weighted by Crippen LogP contribution is 2.17. The Morgan fingerprint density at radius 2 is 2.15 bits per heavy atom. The average Bonchev–Trinajstić information content (AvgIpc) is 3.12. The zero-order chi connectivity index (χ0) is 18.9. The van der Waals surface area contributed by atoms with Gasteiger partial charge in [-0.1, -0.05) is 19.9 Å². The third kappa shape index (κ3) is 6.17. The molecule has 26 heavy (non-hydrogen) atoms. The maximum atomic E-state index is 12.0. The van der Waals surface area contributed by atoms with E-state index in [1.54, 1.807) is 35.3 Å². The number of hydrogen-bond donors (Lipinski definition) is 3. The maximum absolute atomic E-state index is 12.0. The number of carbonyl (C=O) groups is 2. The van der Waals surface area contributed by atoms with Gasteiger partial charge >= 0.3 is 0 Å². The normalized spacial score (nSPS) is 11.8. The number of benzene rings is 1. The largest absolute Gasteiger partial charge is 0.492 e. The fourth-order valence-electron chi connectivity index (χ4n) is 2.06. The molecule has 140 valence electrons. The van der Waals surface area contributed by atoms with Crippen molar-refractivity contribution in [2.24, 2.45) is 11.7 Å². The van der Waals surface area contributed by atoms with E-state index >= 15 is 0 Å². The first kappa shape index (κ1) is 19.4. The molecular formula is C17H24N6O3. The van der Waals surface area contributed by atoms with E-state index in [1.165, 1.54) is 6.33 Å². The Hall–Kier alpha value is -2.94. The van der Waals surface area contributed by atoms with E-state index in [1.807, 2.05) is 13.8 Å². The quantitative estimate of drug-likeness (QED) is 0.594. The molecule has 0 unspecified atom stereocenters. The predicted molar refractivity (Wildman–Crippen MR) is 96.4 cm³/mol. The number of carbonyl (C=O) groups excluding carboxylic acids is 2. The number of nitrogens with one attached hydrogen (secondary N) is 2. The van der Waals surface area contributed by atoms with Gasteiger partial charge in [-0.3, -0.25) is 9.59 Å². The van der Waals surface area contributed by atoms with Gasteiger partial charge in [0.25, 0.3) is 0 Å². The van der Waals surface area contributed by atoms with Gasteiger partial charge in [0, 0.05) is 11.8 Å². The first-order valence-corrected chi connectivity index (χ1v) is 8.34. The minimum atomic E-state index is -0.635. The summed E-state index contributed by atoms with van der Waals surface area (Å²) in [6, 6.07) is 6.38. The van der Waals surface area contributed by atoms with Crippen LogP contribution in [0.3, 0.4) is 0 Å². The van der Waals surface area contributed by atoms with Gasteiger partial charge in [0.1, 0.15) is 25.0 Å². The average molecular weight is 360 g/mol. The Morgan fingerprint density at radius 1 is 1.35 bits per heavy atom. The number of nitrogens with two attached hydrogens (primary N) is 1. The molecule has 2 aromatic rings. The summed E-state index contributed by atoms with van der Waals surface area (Å²) < 4.78 is 7.29. The van der Waals surface area contributed by atoms with Gasteiger partial charge < -0.3 is 21.1 Å². The van der Waals surface area contributed by atoms with E-state index in [9.17, 15) is 9.59 Å². The molecule has 0 radical (unpaired) electrons. The number of anilines is 1. The Balaban J connectivity index is 1.78. The van der Waals surface area contributed by atoms with Gasteiger partial charge in [-0.05, 0) is 18.1 Å². The molecule has 1 aromatic heterocycles. The van der Waals surface area contributed by atoms with Crippen LogP contribution in [0.2, 0.25) is 0 Å². The second-order valence-corrected chi connectivity index (χ2v) is 6.07.